The number of aromatic nitrogens is 3. The lowest BCUT2D eigenvalue weighted by atomic mass is 9.94. The van der Waals surface area contributed by atoms with E-state index in [2.05, 4.69) is 39.8 Å². The SMILES string of the molecule is Cc1ccc(Cl)cc1-n1c(SCc2ccccc2)nnc1C(Cc1ccccc1)NC(=O)C(C)(C)C. The van der Waals surface area contributed by atoms with E-state index in [0.29, 0.717) is 17.3 Å². The van der Waals surface area contributed by atoms with Crippen molar-refractivity contribution in [2.24, 2.45) is 5.41 Å². The van der Waals surface area contributed by atoms with Gasteiger partial charge in [0, 0.05) is 16.2 Å². The van der Waals surface area contributed by atoms with Gasteiger partial charge in [0.05, 0.1) is 11.7 Å². The van der Waals surface area contributed by atoms with Crippen LogP contribution < -0.4 is 5.32 Å². The summed E-state index contributed by atoms with van der Waals surface area (Å²) >= 11 is 8.05. The fourth-order valence-corrected chi connectivity index (χ4v) is 4.88. The molecule has 36 heavy (non-hydrogen) atoms. The van der Waals surface area contributed by atoms with E-state index in [9.17, 15) is 4.79 Å². The molecule has 1 atom stereocenters. The summed E-state index contributed by atoms with van der Waals surface area (Å²) in [6.45, 7) is 7.78. The van der Waals surface area contributed by atoms with Gasteiger partial charge in [-0.2, -0.15) is 0 Å². The lowest BCUT2D eigenvalue weighted by Crippen LogP contribution is -2.39. The molecule has 0 aliphatic rings. The third-order valence-electron chi connectivity index (χ3n) is 5.86. The lowest BCUT2D eigenvalue weighted by molar-refractivity contribution is -0.129. The van der Waals surface area contributed by atoms with Crippen molar-refractivity contribution in [2.45, 2.75) is 51.1 Å². The maximum Gasteiger partial charge on any atom is 0.225 e. The Morgan fingerprint density at radius 3 is 2.25 bits per heavy atom. The Balaban J connectivity index is 1.80. The predicted molar refractivity (Wildman–Crippen MR) is 148 cm³/mol. The Labute approximate surface area is 222 Å². The zero-order valence-electron chi connectivity index (χ0n) is 21.0. The van der Waals surface area contributed by atoms with Crippen LogP contribution in [0.1, 0.15) is 49.3 Å². The van der Waals surface area contributed by atoms with Gasteiger partial charge in [0.25, 0.3) is 0 Å². The molecule has 0 aliphatic carbocycles. The summed E-state index contributed by atoms with van der Waals surface area (Å²) in [5.41, 5.74) is 3.70. The maximum absolute atomic E-state index is 13.1. The molecule has 0 radical (unpaired) electrons. The first-order chi connectivity index (χ1) is 17.2. The van der Waals surface area contributed by atoms with Crippen LogP contribution >= 0.6 is 23.4 Å². The van der Waals surface area contributed by atoms with Crippen molar-refractivity contribution in [2.75, 3.05) is 0 Å². The van der Waals surface area contributed by atoms with E-state index < -0.39 is 5.41 Å². The van der Waals surface area contributed by atoms with Gasteiger partial charge in [-0.1, -0.05) is 111 Å². The van der Waals surface area contributed by atoms with Gasteiger partial charge in [-0.25, -0.2) is 0 Å². The van der Waals surface area contributed by atoms with E-state index in [1.54, 1.807) is 11.8 Å². The van der Waals surface area contributed by atoms with E-state index in [4.69, 9.17) is 11.6 Å². The summed E-state index contributed by atoms with van der Waals surface area (Å²) in [5, 5.41) is 13.9. The largest absolute Gasteiger partial charge is 0.345 e. The zero-order valence-corrected chi connectivity index (χ0v) is 22.6. The highest BCUT2D eigenvalue weighted by Gasteiger charge is 2.29. The standard InChI is InChI=1S/C29H31ClN4OS/c1-20-15-16-23(30)18-25(20)34-26(32-33-28(34)36-19-22-13-9-6-10-14-22)24(31-27(35)29(2,3)4)17-21-11-7-5-8-12-21/h5-16,18,24H,17,19H2,1-4H3,(H,31,35). The monoisotopic (exact) mass is 518 g/mol. The second kappa shape index (κ2) is 11.3. The van der Waals surface area contributed by atoms with Crippen molar-refractivity contribution in [3.05, 3.63) is 106 Å². The van der Waals surface area contributed by atoms with E-state index in [1.807, 2.05) is 86.9 Å². The number of hydrogen-bond donors (Lipinski definition) is 1. The number of carbonyl (C=O) groups is 1. The average molecular weight is 519 g/mol. The Hall–Kier alpha value is -3.09. The molecule has 0 spiro atoms. The summed E-state index contributed by atoms with van der Waals surface area (Å²) < 4.78 is 2.05. The zero-order chi connectivity index (χ0) is 25.7. The number of hydrogen-bond acceptors (Lipinski definition) is 4. The minimum Gasteiger partial charge on any atom is -0.345 e. The van der Waals surface area contributed by atoms with Crippen LogP contribution in [0.5, 0.6) is 0 Å². The van der Waals surface area contributed by atoms with Gasteiger partial charge in [-0.05, 0) is 42.2 Å². The number of amides is 1. The number of thioether (sulfide) groups is 1. The Kier molecular flexibility index (Phi) is 8.17. The van der Waals surface area contributed by atoms with Crippen LogP contribution in [-0.4, -0.2) is 20.7 Å². The van der Waals surface area contributed by atoms with Gasteiger partial charge in [-0.3, -0.25) is 9.36 Å². The van der Waals surface area contributed by atoms with Crippen LogP contribution in [0.3, 0.4) is 0 Å². The molecular formula is C29H31ClN4OS. The number of benzene rings is 3. The maximum atomic E-state index is 13.1. The van der Waals surface area contributed by atoms with Crippen molar-refractivity contribution in [1.82, 2.24) is 20.1 Å². The third kappa shape index (κ3) is 6.37. The van der Waals surface area contributed by atoms with E-state index >= 15 is 0 Å². The molecule has 4 rings (SSSR count). The molecular weight excluding hydrogens is 488 g/mol. The number of carbonyl (C=O) groups excluding carboxylic acids is 1. The Bertz CT molecular complexity index is 1320. The van der Waals surface area contributed by atoms with Gasteiger partial charge in [0.1, 0.15) is 0 Å². The van der Waals surface area contributed by atoms with Crippen LogP contribution in [0.25, 0.3) is 5.69 Å². The van der Waals surface area contributed by atoms with Crippen LogP contribution in [-0.2, 0) is 17.0 Å². The molecule has 0 saturated heterocycles. The van der Waals surface area contributed by atoms with Crippen molar-refractivity contribution < 1.29 is 4.79 Å². The van der Waals surface area contributed by atoms with Gasteiger partial charge >= 0.3 is 0 Å². The fourth-order valence-electron chi connectivity index (χ4n) is 3.80. The normalized spacial score (nSPS) is 12.4. The number of halogens is 1. The molecule has 0 fully saturated rings. The summed E-state index contributed by atoms with van der Waals surface area (Å²) in [4.78, 5) is 13.1. The molecule has 186 valence electrons. The van der Waals surface area contributed by atoms with E-state index in [-0.39, 0.29) is 11.9 Å². The number of nitrogens with one attached hydrogen (secondary N) is 1. The Morgan fingerprint density at radius 2 is 1.61 bits per heavy atom. The molecule has 1 aromatic heterocycles. The van der Waals surface area contributed by atoms with E-state index in [0.717, 1.165) is 27.7 Å². The topological polar surface area (TPSA) is 59.8 Å². The third-order valence-corrected chi connectivity index (χ3v) is 7.10. The highest BCUT2D eigenvalue weighted by Crippen LogP contribution is 2.32. The van der Waals surface area contributed by atoms with Crippen LogP contribution in [0.2, 0.25) is 5.02 Å². The second-order valence-electron chi connectivity index (χ2n) is 9.85. The van der Waals surface area contributed by atoms with Gasteiger partial charge < -0.3 is 5.32 Å². The summed E-state index contributed by atoms with van der Waals surface area (Å²) in [5.74, 6) is 1.38. The molecule has 1 unspecified atom stereocenters. The summed E-state index contributed by atoms with van der Waals surface area (Å²) in [7, 11) is 0. The van der Waals surface area contributed by atoms with Crippen molar-refractivity contribution in [3.63, 3.8) is 0 Å². The quantitative estimate of drug-likeness (QED) is 0.256. The molecule has 1 N–H and O–H groups in total. The van der Waals surface area contributed by atoms with Gasteiger partial charge in [0.15, 0.2) is 11.0 Å². The molecule has 1 heterocycles. The predicted octanol–water partition coefficient (Wildman–Crippen LogP) is 6.97. The highest BCUT2D eigenvalue weighted by molar-refractivity contribution is 7.98. The highest BCUT2D eigenvalue weighted by atomic mass is 35.5. The second-order valence-corrected chi connectivity index (χ2v) is 11.2. The number of nitrogens with zero attached hydrogens (tertiary/aromatic N) is 3. The van der Waals surface area contributed by atoms with Crippen molar-refractivity contribution in [1.29, 1.82) is 0 Å². The molecule has 0 saturated carbocycles. The van der Waals surface area contributed by atoms with Crippen LogP contribution in [0.4, 0.5) is 0 Å². The number of aryl methyl sites for hydroxylation is 1. The smallest absolute Gasteiger partial charge is 0.225 e. The average Bonchev–Trinajstić information content (AvgIpc) is 3.28. The molecule has 5 nitrogen and oxygen atoms in total. The molecule has 0 aliphatic heterocycles. The molecule has 0 bridgehead atoms. The van der Waals surface area contributed by atoms with Crippen LogP contribution in [0, 0.1) is 12.3 Å². The first-order valence-electron chi connectivity index (χ1n) is 12.0. The van der Waals surface area contributed by atoms with Crippen molar-refractivity contribution >= 4 is 29.3 Å². The minimum absolute atomic E-state index is 0.0423. The summed E-state index contributed by atoms with van der Waals surface area (Å²) in [6, 6.07) is 25.8. The molecule has 7 heteroatoms. The first kappa shape index (κ1) is 26.0. The minimum atomic E-state index is -0.545. The fraction of sp³-hybridized carbons (Fsp3) is 0.276. The van der Waals surface area contributed by atoms with Crippen LogP contribution in [0.15, 0.2) is 84.0 Å². The van der Waals surface area contributed by atoms with Gasteiger partial charge in [0.2, 0.25) is 5.91 Å². The first-order valence-corrected chi connectivity index (χ1v) is 13.3. The molecule has 4 aromatic rings. The molecule has 3 aromatic carbocycles. The Morgan fingerprint density at radius 1 is 0.972 bits per heavy atom. The van der Waals surface area contributed by atoms with Gasteiger partial charge in [-0.15, -0.1) is 10.2 Å². The summed E-state index contributed by atoms with van der Waals surface area (Å²) in [6.07, 6.45) is 0.587. The lowest BCUT2D eigenvalue weighted by Gasteiger charge is -2.25. The number of rotatable bonds is 8. The molecule has 1 amide bonds. The van der Waals surface area contributed by atoms with E-state index in [1.165, 1.54) is 5.56 Å². The van der Waals surface area contributed by atoms with Crippen molar-refractivity contribution in [3.8, 4) is 5.69 Å².